The summed E-state index contributed by atoms with van der Waals surface area (Å²) in [4.78, 5) is 8.49. The lowest BCUT2D eigenvalue weighted by molar-refractivity contribution is 0.627. The van der Waals surface area contributed by atoms with E-state index in [4.69, 9.17) is 0 Å². The molecule has 6 heteroatoms. The highest BCUT2D eigenvalue weighted by Gasteiger charge is 2.06. The summed E-state index contributed by atoms with van der Waals surface area (Å²) in [5.74, 6) is 1.26. The van der Waals surface area contributed by atoms with Crippen LogP contribution in [0.2, 0.25) is 0 Å². The fraction of sp³-hybridized carbons (Fsp3) is 0.235. The highest BCUT2D eigenvalue weighted by molar-refractivity contribution is 5.41. The zero-order valence-corrected chi connectivity index (χ0v) is 13.1. The third kappa shape index (κ3) is 3.71. The van der Waals surface area contributed by atoms with Crippen LogP contribution >= 0.6 is 0 Å². The van der Waals surface area contributed by atoms with Crippen LogP contribution in [0.3, 0.4) is 0 Å². The van der Waals surface area contributed by atoms with Gasteiger partial charge in [-0.05, 0) is 44.0 Å². The third-order valence-corrected chi connectivity index (χ3v) is 3.51. The second-order valence-electron chi connectivity index (χ2n) is 5.40. The molecule has 2 aromatic heterocycles. The Morgan fingerprint density at radius 3 is 2.57 bits per heavy atom. The molecule has 0 amide bonds. The van der Waals surface area contributed by atoms with Gasteiger partial charge in [0.15, 0.2) is 5.82 Å². The van der Waals surface area contributed by atoms with Crippen LogP contribution < -0.4 is 5.32 Å². The van der Waals surface area contributed by atoms with Gasteiger partial charge >= 0.3 is 0 Å². The number of aromatic nitrogens is 4. The molecule has 0 unspecified atom stereocenters. The number of rotatable bonds is 5. The first-order valence-corrected chi connectivity index (χ1v) is 7.46. The maximum atomic E-state index is 12.9. The van der Waals surface area contributed by atoms with Gasteiger partial charge in [-0.25, -0.2) is 19.0 Å². The number of anilines is 1. The Morgan fingerprint density at radius 2 is 1.87 bits per heavy atom. The predicted molar refractivity (Wildman–Crippen MR) is 87.2 cm³/mol. The second kappa shape index (κ2) is 6.56. The summed E-state index contributed by atoms with van der Waals surface area (Å²) in [7, 11) is 0. The van der Waals surface area contributed by atoms with E-state index in [1.165, 1.54) is 18.5 Å². The van der Waals surface area contributed by atoms with E-state index in [0.717, 1.165) is 35.0 Å². The van der Waals surface area contributed by atoms with Gasteiger partial charge in [0.25, 0.3) is 0 Å². The Bertz CT molecular complexity index is 795. The lowest BCUT2D eigenvalue weighted by atomic mass is 10.1. The maximum Gasteiger partial charge on any atom is 0.159 e. The molecule has 5 nitrogen and oxygen atoms in total. The van der Waals surface area contributed by atoms with Crippen LogP contribution in [0.4, 0.5) is 10.2 Å². The smallest absolute Gasteiger partial charge is 0.159 e. The van der Waals surface area contributed by atoms with Crippen molar-refractivity contribution in [3.8, 4) is 5.82 Å². The van der Waals surface area contributed by atoms with Gasteiger partial charge in [-0.2, -0.15) is 5.10 Å². The third-order valence-electron chi connectivity index (χ3n) is 3.51. The fourth-order valence-corrected chi connectivity index (χ4v) is 2.41. The number of nitrogens with one attached hydrogen (secondary N) is 1. The zero-order valence-electron chi connectivity index (χ0n) is 13.1. The number of benzene rings is 1. The van der Waals surface area contributed by atoms with E-state index in [9.17, 15) is 4.39 Å². The first kappa shape index (κ1) is 15.1. The van der Waals surface area contributed by atoms with E-state index < -0.39 is 0 Å². The number of nitrogens with zero attached hydrogens (tertiary/aromatic N) is 4. The average molecular weight is 311 g/mol. The van der Waals surface area contributed by atoms with Crippen molar-refractivity contribution in [1.82, 2.24) is 19.7 Å². The van der Waals surface area contributed by atoms with Gasteiger partial charge in [-0.3, -0.25) is 0 Å². The minimum atomic E-state index is -0.216. The van der Waals surface area contributed by atoms with Crippen LogP contribution in [-0.2, 0) is 6.42 Å². The van der Waals surface area contributed by atoms with Crippen molar-refractivity contribution in [3.63, 3.8) is 0 Å². The molecular formula is C17H18FN5. The van der Waals surface area contributed by atoms with Crippen LogP contribution in [0.5, 0.6) is 0 Å². The van der Waals surface area contributed by atoms with E-state index in [2.05, 4.69) is 20.4 Å². The monoisotopic (exact) mass is 311 g/mol. The molecule has 3 rings (SSSR count). The number of aryl methyl sites for hydroxylation is 2. The summed E-state index contributed by atoms with van der Waals surface area (Å²) in [6.07, 6.45) is 2.31. The largest absolute Gasteiger partial charge is 0.370 e. The highest BCUT2D eigenvalue weighted by atomic mass is 19.1. The van der Waals surface area contributed by atoms with Gasteiger partial charge in [0.1, 0.15) is 18.0 Å². The van der Waals surface area contributed by atoms with Gasteiger partial charge in [-0.15, -0.1) is 0 Å². The first-order chi connectivity index (χ1) is 11.1. The Hall–Kier alpha value is -2.76. The average Bonchev–Trinajstić information content (AvgIpc) is 2.88. The van der Waals surface area contributed by atoms with E-state index in [1.807, 2.05) is 26.0 Å². The van der Waals surface area contributed by atoms with E-state index in [-0.39, 0.29) is 5.82 Å². The highest BCUT2D eigenvalue weighted by Crippen LogP contribution is 2.12. The molecule has 1 aromatic carbocycles. The van der Waals surface area contributed by atoms with Crippen LogP contribution in [0.25, 0.3) is 5.82 Å². The molecule has 0 radical (unpaired) electrons. The Morgan fingerprint density at radius 1 is 1.09 bits per heavy atom. The molecule has 0 saturated carbocycles. The molecule has 118 valence electrons. The quantitative estimate of drug-likeness (QED) is 0.787. The predicted octanol–water partition coefficient (Wildman–Crippen LogP) is 3.07. The lowest BCUT2D eigenvalue weighted by Gasteiger charge is -2.08. The van der Waals surface area contributed by atoms with Crippen LogP contribution in [-0.4, -0.2) is 26.3 Å². The minimum absolute atomic E-state index is 0.216. The SMILES string of the molecule is Cc1cc(C)n(-c2cc(NCCc3ccc(F)cc3)ncn2)n1. The van der Waals surface area contributed by atoms with Crippen molar-refractivity contribution >= 4 is 5.82 Å². The summed E-state index contributed by atoms with van der Waals surface area (Å²) in [6.45, 7) is 4.65. The topological polar surface area (TPSA) is 55.6 Å². The summed E-state index contributed by atoms with van der Waals surface area (Å²) < 4.78 is 14.7. The van der Waals surface area contributed by atoms with Crippen LogP contribution in [0.15, 0.2) is 42.7 Å². The van der Waals surface area contributed by atoms with E-state index >= 15 is 0 Å². The summed E-state index contributed by atoms with van der Waals surface area (Å²) in [5.41, 5.74) is 3.05. The Labute approximate surface area is 134 Å². The minimum Gasteiger partial charge on any atom is -0.370 e. The normalized spacial score (nSPS) is 10.7. The van der Waals surface area contributed by atoms with Crippen molar-refractivity contribution in [2.24, 2.45) is 0 Å². The van der Waals surface area contributed by atoms with Crippen LogP contribution in [0, 0.1) is 19.7 Å². The molecule has 0 spiro atoms. The molecule has 0 fully saturated rings. The molecule has 0 bridgehead atoms. The molecule has 23 heavy (non-hydrogen) atoms. The van der Waals surface area contributed by atoms with Crippen molar-refractivity contribution < 1.29 is 4.39 Å². The number of hydrogen-bond donors (Lipinski definition) is 1. The van der Waals surface area contributed by atoms with Crippen molar-refractivity contribution in [2.75, 3.05) is 11.9 Å². The molecule has 0 saturated heterocycles. The second-order valence-corrected chi connectivity index (χ2v) is 5.40. The Balaban J connectivity index is 1.66. The van der Waals surface area contributed by atoms with Gasteiger partial charge in [-0.1, -0.05) is 12.1 Å². The summed E-state index contributed by atoms with van der Waals surface area (Å²) in [5, 5.41) is 7.68. The molecule has 2 heterocycles. The fourth-order valence-electron chi connectivity index (χ4n) is 2.41. The standard InChI is InChI=1S/C17H18FN5/c1-12-9-13(2)23(22-12)17-10-16(20-11-21-17)19-8-7-14-3-5-15(18)6-4-14/h3-6,9-11H,7-8H2,1-2H3,(H,19,20,21). The molecule has 0 aliphatic heterocycles. The molecule has 0 aliphatic carbocycles. The zero-order chi connectivity index (χ0) is 16.2. The van der Waals surface area contributed by atoms with Gasteiger partial charge in [0.05, 0.1) is 5.69 Å². The molecule has 0 aliphatic rings. The number of hydrogen-bond acceptors (Lipinski definition) is 4. The van der Waals surface area contributed by atoms with Crippen molar-refractivity contribution in [3.05, 3.63) is 65.5 Å². The molecule has 1 N–H and O–H groups in total. The summed E-state index contributed by atoms with van der Waals surface area (Å²) >= 11 is 0. The molecular weight excluding hydrogens is 293 g/mol. The van der Waals surface area contributed by atoms with Gasteiger partial charge in [0.2, 0.25) is 0 Å². The maximum absolute atomic E-state index is 12.9. The lowest BCUT2D eigenvalue weighted by Crippen LogP contribution is -2.09. The molecule has 0 atom stereocenters. The number of halogens is 1. The van der Waals surface area contributed by atoms with Crippen LogP contribution in [0.1, 0.15) is 17.0 Å². The Kier molecular flexibility index (Phi) is 4.32. The van der Waals surface area contributed by atoms with Crippen molar-refractivity contribution in [2.45, 2.75) is 20.3 Å². The van der Waals surface area contributed by atoms with E-state index in [1.54, 1.807) is 16.8 Å². The van der Waals surface area contributed by atoms with Crippen molar-refractivity contribution in [1.29, 1.82) is 0 Å². The first-order valence-electron chi connectivity index (χ1n) is 7.46. The molecule has 3 aromatic rings. The van der Waals surface area contributed by atoms with Gasteiger partial charge < -0.3 is 5.32 Å². The van der Waals surface area contributed by atoms with E-state index in [0.29, 0.717) is 6.54 Å². The summed E-state index contributed by atoms with van der Waals surface area (Å²) in [6, 6.07) is 10.4. The van der Waals surface area contributed by atoms with Gasteiger partial charge in [0, 0.05) is 18.3 Å².